The van der Waals surface area contributed by atoms with E-state index in [4.69, 9.17) is 10.5 Å². The highest BCUT2D eigenvalue weighted by Crippen LogP contribution is 2.32. The van der Waals surface area contributed by atoms with Gasteiger partial charge in [-0.3, -0.25) is 0 Å². The second-order valence-corrected chi connectivity index (χ2v) is 6.21. The Kier molecular flexibility index (Phi) is 4.84. The van der Waals surface area contributed by atoms with Crippen LogP contribution in [0.25, 0.3) is 0 Å². The van der Waals surface area contributed by atoms with Crippen molar-refractivity contribution in [2.75, 3.05) is 5.73 Å². The fourth-order valence-electron chi connectivity index (χ4n) is 2.77. The molecule has 0 aromatic carbocycles. The Labute approximate surface area is 122 Å². The molecule has 3 unspecified atom stereocenters. The molecule has 20 heavy (non-hydrogen) atoms. The molecule has 112 valence electrons. The van der Waals surface area contributed by atoms with Crippen LogP contribution >= 0.6 is 0 Å². The number of rotatable bonds is 4. The van der Waals surface area contributed by atoms with Crippen molar-refractivity contribution in [3.63, 3.8) is 0 Å². The molecule has 4 heteroatoms. The molecule has 0 saturated heterocycles. The lowest BCUT2D eigenvalue weighted by molar-refractivity contribution is 0.0954. The maximum Gasteiger partial charge on any atom is 0.222 e. The summed E-state index contributed by atoms with van der Waals surface area (Å²) in [6, 6.07) is 0. The third-order valence-electron chi connectivity index (χ3n) is 4.49. The Morgan fingerprint density at radius 3 is 2.60 bits per heavy atom. The van der Waals surface area contributed by atoms with E-state index in [9.17, 15) is 0 Å². The first-order valence-electron chi connectivity index (χ1n) is 7.80. The second kappa shape index (κ2) is 6.42. The summed E-state index contributed by atoms with van der Waals surface area (Å²) in [5, 5.41) is 0. The quantitative estimate of drug-likeness (QED) is 0.914. The van der Waals surface area contributed by atoms with Crippen molar-refractivity contribution in [3.8, 4) is 5.88 Å². The molecule has 1 aromatic heterocycles. The second-order valence-electron chi connectivity index (χ2n) is 6.21. The summed E-state index contributed by atoms with van der Waals surface area (Å²) < 4.78 is 6.14. The molecular formula is C16H27N3O. The van der Waals surface area contributed by atoms with Gasteiger partial charge in [-0.25, -0.2) is 4.98 Å². The number of nitrogen functional groups attached to an aromatic ring is 1. The van der Waals surface area contributed by atoms with Crippen molar-refractivity contribution in [2.24, 2.45) is 11.8 Å². The summed E-state index contributed by atoms with van der Waals surface area (Å²) in [5.74, 6) is 3.54. The third-order valence-corrected chi connectivity index (χ3v) is 4.49. The lowest BCUT2D eigenvalue weighted by Crippen LogP contribution is -2.29. The molecule has 4 nitrogen and oxygen atoms in total. The van der Waals surface area contributed by atoms with E-state index >= 15 is 0 Å². The predicted molar refractivity (Wildman–Crippen MR) is 81.8 cm³/mol. The van der Waals surface area contributed by atoms with E-state index in [-0.39, 0.29) is 6.10 Å². The Balaban J connectivity index is 2.12. The smallest absolute Gasteiger partial charge is 0.222 e. The minimum absolute atomic E-state index is 0.267. The number of aryl methyl sites for hydroxylation is 1. The lowest BCUT2D eigenvalue weighted by atomic mass is 9.80. The zero-order chi connectivity index (χ0) is 14.7. The van der Waals surface area contributed by atoms with Crippen LogP contribution in [0.4, 0.5) is 5.82 Å². The minimum Gasteiger partial charge on any atom is -0.474 e. The summed E-state index contributed by atoms with van der Waals surface area (Å²) in [7, 11) is 0. The molecule has 0 amide bonds. The fraction of sp³-hybridized carbons (Fsp3) is 0.750. The van der Waals surface area contributed by atoms with Gasteiger partial charge in [0.15, 0.2) is 0 Å². The van der Waals surface area contributed by atoms with Crippen LogP contribution in [0.3, 0.4) is 0 Å². The first-order chi connectivity index (χ1) is 9.51. The normalized spacial score (nSPS) is 26.5. The van der Waals surface area contributed by atoms with E-state index in [1.807, 2.05) is 6.92 Å². The van der Waals surface area contributed by atoms with Crippen molar-refractivity contribution < 1.29 is 4.74 Å². The van der Waals surface area contributed by atoms with Gasteiger partial charge in [-0.15, -0.1) is 0 Å². The van der Waals surface area contributed by atoms with E-state index in [0.717, 1.165) is 43.0 Å². The number of hydrogen-bond acceptors (Lipinski definition) is 4. The van der Waals surface area contributed by atoms with E-state index in [1.165, 1.54) is 6.42 Å². The zero-order valence-corrected chi connectivity index (χ0v) is 13.1. The molecule has 2 N–H and O–H groups in total. The van der Waals surface area contributed by atoms with E-state index in [0.29, 0.717) is 17.6 Å². The molecule has 1 aliphatic carbocycles. The molecule has 1 heterocycles. The Bertz CT molecular complexity index is 461. The SMILES string of the molecule is CCCc1nc(N)c(C)c(OC2CCC(C)C(C)C2)n1. The van der Waals surface area contributed by atoms with Crippen LogP contribution in [0, 0.1) is 18.8 Å². The average molecular weight is 277 g/mol. The Morgan fingerprint density at radius 1 is 1.20 bits per heavy atom. The number of nitrogens with two attached hydrogens (primary N) is 1. The summed E-state index contributed by atoms with van der Waals surface area (Å²) >= 11 is 0. The zero-order valence-electron chi connectivity index (χ0n) is 13.1. The van der Waals surface area contributed by atoms with Crippen LogP contribution in [0.15, 0.2) is 0 Å². The highest BCUT2D eigenvalue weighted by molar-refractivity contribution is 5.44. The van der Waals surface area contributed by atoms with Crippen LogP contribution < -0.4 is 10.5 Å². The molecule has 2 rings (SSSR count). The van der Waals surface area contributed by atoms with Gasteiger partial charge in [-0.1, -0.05) is 20.8 Å². The number of ether oxygens (including phenoxy) is 1. The fourth-order valence-corrected chi connectivity index (χ4v) is 2.77. The number of anilines is 1. The third kappa shape index (κ3) is 3.41. The molecule has 1 fully saturated rings. The van der Waals surface area contributed by atoms with Crippen LogP contribution in [0.2, 0.25) is 0 Å². The first-order valence-corrected chi connectivity index (χ1v) is 7.80. The lowest BCUT2D eigenvalue weighted by Gasteiger charge is -2.32. The summed E-state index contributed by atoms with van der Waals surface area (Å²) in [5.41, 5.74) is 6.85. The monoisotopic (exact) mass is 277 g/mol. The molecule has 3 atom stereocenters. The van der Waals surface area contributed by atoms with Crippen molar-refractivity contribution in [3.05, 3.63) is 11.4 Å². The van der Waals surface area contributed by atoms with Gasteiger partial charge >= 0.3 is 0 Å². The van der Waals surface area contributed by atoms with Crippen LogP contribution in [-0.2, 0) is 6.42 Å². The van der Waals surface area contributed by atoms with Crippen LogP contribution in [0.5, 0.6) is 5.88 Å². The molecule has 0 bridgehead atoms. The van der Waals surface area contributed by atoms with Gasteiger partial charge in [-0.2, -0.15) is 4.98 Å². The molecule has 0 radical (unpaired) electrons. The van der Waals surface area contributed by atoms with Crippen molar-refractivity contribution in [2.45, 2.75) is 65.9 Å². The molecule has 1 aromatic rings. The largest absolute Gasteiger partial charge is 0.474 e. The van der Waals surface area contributed by atoms with E-state index in [2.05, 4.69) is 30.7 Å². The maximum absolute atomic E-state index is 6.14. The molecule has 0 aliphatic heterocycles. The summed E-state index contributed by atoms with van der Waals surface area (Å²) in [6.45, 7) is 8.69. The number of nitrogens with zero attached hydrogens (tertiary/aromatic N) is 2. The number of hydrogen-bond donors (Lipinski definition) is 1. The van der Waals surface area contributed by atoms with Crippen LogP contribution in [0.1, 0.15) is 57.8 Å². The van der Waals surface area contributed by atoms with Gasteiger partial charge in [0.05, 0.1) is 5.56 Å². The average Bonchev–Trinajstić information content (AvgIpc) is 2.40. The van der Waals surface area contributed by atoms with Crippen molar-refractivity contribution >= 4 is 5.82 Å². The molecular weight excluding hydrogens is 250 g/mol. The maximum atomic E-state index is 6.14. The standard InChI is InChI=1S/C16H27N3O/c1-5-6-14-18-15(17)12(4)16(19-14)20-13-8-7-10(2)11(3)9-13/h10-11,13H,5-9H2,1-4H3,(H2,17,18,19). The van der Waals surface area contributed by atoms with E-state index < -0.39 is 0 Å². The minimum atomic E-state index is 0.267. The highest BCUT2D eigenvalue weighted by Gasteiger charge is 2.26. The van der Waals surface area contributed by atoms with Gasteiger partial charge in [0.25, 0.3) is 0 Å². The summed E-state index contributed by atoms with van der Waals surface area (Å²) in [6.07, 6.45) is 5.57. The van der Waals surface area contributed by atoms with Gasteiger partial charge in [0.1, 0.15) is 17.7 Å². The van der Waals surface area contributed by atoms with Crippen molar-refractivity contribution in [1.82, 2.24) is 9.97 Å². The van der Waals surface area contributed by atoms with Gasteiger partial charge in [0, 0.05) is 6.42 Å². The van der Waals surface area contributed by atoms with Gasteiger partial charge < -0.3 is 10.5 Å². The molecule has 1 saturated carbocycles. The Morgan fingerprint density at radius 2 is 1.95 bits per heavy atom. The van der Waals surface area contributed by atoms with Crippen molar-refractivity contribution in [1.29, 1.82) is 0 Å². The highest BCUT2D eigenvalue weighted by atomic mass is 16.5. The van der Waals surface area contributed by atoms with Gasteiger partial charge in [-0.05, 0) is 44.4 Å². The van der Waals surface area contributed by atoms with E-state index in [1.54, 1.807) is 0 Å². The number of aromatic nitrogens is 2. The van der Waals surface area contributed by atoms with Gasteiger partial charge in [0.2, 0.25) is 5.88 Å². The Hall–Kier alpha value is -1.32. The molecule has 1 aliphatic rings. The first kappa shape index (κ1) is 15.1. The predicted octanol–water partition coefficient (Wildman–Crippen LogP) is 3.52. The molecule has 0 spiro atoms. The topological polar surface area (TPSA) is 61.0 Å². The summed E-state index contributed by atoms with van der Waals surface area (Å²) in [4.78, 5) is 8.88. The van der Waals surface area contributed by atoms with Crippen LogP contribution in [-0.4, -0.2) is 16.1 Å².